The molecule has 0 bridgehead atoms. The highest BCUT2D eigenvalue weighted by molar-refractivity contribution is 6.62. The second-order valence-corrected chi connectivity index (χ2v) is 13.0. The van der Waals surface area contributed by atoms with Gasteiger partial charge in [0.15, 0.2) is 0 Å². The number of nitrogen functional groups attached to an aromatic ring is 4. The second-order valence-electron chi connectivity index (χ2n) is 12.6. The third-order valence-corrected chi connectivity index (χ3v) is 8.76. The van der Waals surface area contributed by atoms with E-state index in [2.05, 4.69) is 29.9 Å². The molecule has 0 saturated carbocycles. The van der Waals surface area contributed by atoms with Crippen LogP contribution in [0.1, 0.15) is 27.7 Å². The number of aliphatic hydroxyl groups excluding tert-OH is 1. The van der Waals surface area contributed by atoms with E-state index in [1.165, 1.54) is 18.5 Å². The van der Waals surface area contributed by atoms with Gasteiger partial charge in [-0.3, -0.25) is 35.2 Å². The summed E-state index contributed by atoms with van der Waals surface area (Å²) >= 11 is 5.46. The van der Waals surface area contributed by atoms with Gasteiger partial charge in [-0.1, -0.05) is 11.6 Å². The molecule has 7 rings (SSSR count). The van der Waals surface area contributed by atoms with Gasteiger partial charge in [0.1, 0.15) is 10.8 Å². The molecule has 0 aromatic carbocycles. The molecule has 7 heterocycles. The van der Waals surface area contributed by atoms with E-state index in [0.29, 0.717) is 22.6 Å². The maximum absolute atomic E-state index is 10.9. The Morgan fingerprint density at radius 2 is 0.966 bits per heavy atom. The first-order valence-corrected chi connectivity index (χ1v) is 17.4. The number of nitrogens with two attached hydrogens (primary N) is 4. The molecule has 0 amide bonds. The number of rotatable bonds is 5. The Kier molecular flexibility index (Phi) is 16.4. The number of nitrogens with zero attached hydrogens (tertiary/aromatic N) is 8. The Labute approximate surface area is 338 Å². The van der Waals surface area contributed by atoms with Crippen LogP contribution in [0.4, 0.5) is 34.5 Å². The van der Waals surface area contributed by atoms with E-state index >= 15 is 0 Å². The zero-order chi connectivity index (χ0) is 43.0. The van der Waals surface area contributed by atoms with E-state index in [1.807, 2.05) is 58.0 Å². The molecule has 6 aromatic rings. The number of pyridine rings is 6. The van der Waals surface area contributed by atoms with Crippen LogP contribution in [0, 0.1) is 20.2 Å². The van der Waals surface area contributed by atoms with Gasteiger partial charge >= 0.3 is 18.5 Å². The molecule has 6 aromatic heterocycles. The van der Waals surface area contributed by atoms with Crippen molar-refractivity contribution in [2.75, 3.05) is 30.0 Å². The molecule has 1 aliphatic rings. The highest BCUT2D eigenvalue weighted by Crippen LogP contribution is 2.36. The van der Waals surface area contributed by atoms with Crippen LogP contribution in [0.5, 0.6) is 0 Å². The molecule has 19 nitrogen and oxygen atoms in total. The van der Waals surface area contributed by atoms with E-state index in [-0.39, 0.29) is 46.4 Å². The van der Waals surface area contributed by atoms with Gasteiger partial charge in [0, 0.05) is 68.4 Å². The first kappa shape index (κ1) is 45.5. The van der Waals surface area contributed by atoms with Crippen molar-refractivity contribution in [1.29, 1.82) is 0 Å². The fraction of sp³-hybridized carbons (Fsp3) is 0.189. The van der Waals surface area contributed by atoms with Gasteiger partial charge in [-0.15, -0.1) is 0 Å². The third-order valence-electron chi connectivity index (χ3n) is 8.46. The van der Waals surface area contributed by atoms with Crippen LogP contribution >= 0.6 is 11.6 Å². The van der Waals surface area contributed by atoms with E-state index in [1.54, 1.807) is 61.6 Å². The topological polar surface area (TPSA) is 306 Å². The Morgan fingerprint density at radius 3 is 1.40 bits per heavy atom. The third kappa shape index (κ3) is 11.8. The van der Waals surface area contributed by atoms with Crippen LogP contribution in [0.3, 0.4) is 0 Å². The van der Waals surface area contributed by atoms with Gasteiger partial charge in [0.05, 0.1) is 32.3 Å². The van der Waals surface area contributed by atoms with Crippen LogP contribution in [-0.4, -0.2) is 70.3 Å². The molecule has 0 unspecified atom stereocenters. The fourth-order valence-electron chi connectivity index (χ4n) is 4.82. The predicted molar refractivity (Wildman–Crippen MR) is 223 cm³/mol. The minimum absolute atomic E-state index is 0.00231. The second kappa shape index (κ2) is 20.9. The van der Waals surface area contributed by atoms with Crippen molar-refractivity contribution >= 4 is 58.7 Å². The summed E-state index contributed by atoms with van der Waals surface area (Å²) in [7, 11) is 0.720. The molecule has 1 aliphatic heterocycles. The highest BCUT2D eigenvalue weighted by Gasteiger charge is 2.51. The smallest absolute Gasteiger partial charge is 0.400 e. The summed E-state index contributed by atoms with van der Waals surface area (Å²) in [6, 6.07) is 15.7. The van der Waals surface area contributed by atoms with Crippen molar-refractivity contribution in [2.24, 2.45) is 0 Å². The molecule has 0 radical (unpaired) electrons. The molecule has 58 heavy (non-hydrogen) atoms. The quantitative estimate of drug-likeness (QED) is 0.0853. The monoisotopic (exact) mass is 812 g/mol. The highest BCUT2D eigenvalue weighted by atomic mass is 35.5. The number of nitro groups is 2. The minimum atomic E-state index is -0.662. The van der Waals surface area contributed by atoms with Crippen molar-refractivity contribution in [1.82, 2.24) is 29.9 Å². The lowest BCUT2D eigenvalue weighted by Gasteiger charge is -2.32. The average Bonchev–Trinajstić information content (AvgIpc) is 3.43. The number of aliphatic hydroxyl groups is 1. The molecular formula is C37H42BClN12O7. The zero-order valence-corrected chi connectivity index (χ0v) is 32.9. The van der Waals surface area contributed by atoms with Gasteiger partial charge in [-0.05, 0) is 98.9 Å². The van der Waals surface area contributed by atoms with E-state index < -0.39 is 9.85 Å². The van der Waals surface area contributed by atoms with Gasteiger partial charge in [0.2, 0.25) is 11.6 Å². The van der Waals surface area contributed by atoms with Gasteiger partial charge < -0.3 is 37.3 Å². The fourth-order valence-corrected chi connectivity index (χ4v) is 5.05. The largest absolute Gasteiger partial charge is 0.494 e. The molecule has 0 spiro atoms. The predicted octanol–water partition coefficient (Wildman–Crippen LogP) is 5.16. The lowest BCUT2D eigenvalue weighted by atomic mass is 9.80. The molecule has 1 saturated heterocycles. The standard InChI is InChI=1S/C11H16BNO2.C10H8N4O2.C10H10N4.C5H4ClN3O2.CH4O/c1-10(2)11(3,4)15-12(14-10)9-5-7-13-8-6-9;11-10-9(14(15)16)8(3-6-13-10)7-1-4-12-5-2-7;11-9-8(3-6-14-10(9)12)7-1-4-13-5-2-7;6-3-1-2-8-5(7)4(3)9(10)11;1-2/h5-8H,1-4H3;1-6H,(H2,11,13);1-6H,11H2,(H2,12,14);1-2H,(H2,7,8);2H,1H3. The number of halogens is 1. The van der Waals surface area contributed by atoms with Crippen LogP contribution in [0.15, 0.2) is 110 Å². The molecule has 0 aliphatic carbocycles. The van der Waals surface area contributed by atoms with Gasteiger partial charge in [-0.25, -0.2) is 15.0 Å². The molecular weight excluding hydrogens is 771 g/mol. The first-order valence-electron chi connectivity index (χ1n) is 17.0. The Morgan fingerprint density at radius 1 is 0.586 bits per heavy atom. The van der Waals surface area contributed by atoms with Crippen molar-refractivity contribution in [3.63, 3.8) is 0 Å². The van der Waals surface area contributed by atoms with E-state index in [0.717, 1.165) is 23.7 Å². The maximum Gasteiger partial charge on any atom is 0.494 e. The van der Waals surface area contributed by atoms with Gasteiger partial charge in [-0.2, -0.15) is 0 Å². The summed E-state index contributed by atoms with van der Waals surface area (Å²) < 4.78 is 11.8. The molecule has 0 atom stereocenters. The summed E-state index contributed by atoms with van der Waals surface area (Å²) in [4.78, 5) is 42.8. The average molecular weight is 813 g/mol. The summed E-state index contributed by atoms with van der Waals surface area (Å²) in [5, 5.41) is 28.1. The Balaban J connectivity index is 0.000000205. The summed E-state index contributed by atoms with van der Waals surface area (Å²) in [5.41, 5.74) is 25.6. The van der Waals surface area contributed by atoms with Crippen molar-refractivity contribution in [3.8, 4) is 22.3 Å². The number of aromatic nitrogens is 6. The minimum Gasteiger partial charge on any atom is -0.400 e. The SMILES string of the molecule is CC1(C)OB(c2ccncc2)OC1(C)C.CO.Nc1nccc(-c2ccncc2)c1N.Nc1nccc(-c2ccncc2)c1[N+](=O)[O-].Nc1nccc(Cl)c1[N+](=O)[O-]. The van der Waals surface area contributed by atoms with Crippen molar-refractivity contribution in [3.05, 3.63) is 136 Å². The van der Waals surface area contributed by atoms with Crippen LogP contribution in [-0.2, 0) is 9.31 Å². The van der Waals surface area contributed by atoms with Crippen molar-refractivity contribution in [2.45, 2.75) is 38.9 Å². The molecule has 9 N–H and O–H groups in total. The first-order chi connectivity index (χ1) is 27.5. The summed E-state index contributed by atoms with van der Waals surface area (Å²) in [5.74, 6) is 0.112. The van der Waals surface area contributed by atoms with E-state index in [9.17, 15) is 20.2 Å². The number of anilines is 4. The van der Waals surface area contributed by atoms with Crippen LogP contribution in [0.25, 0.3) is 22.3 Å². The van der Waals surface area contributed by atoms with Crippen LogP contribution in [0.2, 0.25) is 5.02 Å². The van der Waals surface area contributed by atoms with Crippen molar-refractivity contribution < 1.29 is 24.3 Å². The Hall–Kier alpha value is -6.87. The summed E-state index contributed by atoms with van der Waals surface area (Å²) in [6.45, 7) is 8.20. The van der Waals surface area contributed by atoms with Crippen LogP contribution < -0.4 is 28.4 Å². The Bertz CT molecular complexity index is 2230. The maximum atomic E-state index is 10.9. The lowest BCUT2D eigenvalue weighted by Crippen LogP contribution is -2.41. The van der Waals surface area contributed by atoms with E-state index in [4.69, 9.17) is 49.0 Å². The normalized spacial score (nSPS) is 13.1. The number of hydrogen-bond acceptors (Lipinski definition) is 17. The number of hydrogen-bond donors (Lipinski definition) is 5. The lowest BCUT2D eigenvalue weighted by molar-refractivity contribution is -0.384. The molecule has 1 fully saturated rings. The molecule has 21 heteroatoms. The zero-order valence-electron chi connectivity index (χ0n) is 32.1. The summed E-state index contributed by atoms with van der Waals surface area (Å²) in [6.07, 6.45) is 14.5. The molecule has 302 valence electrons. The van der Waals surface area contributed by atoms with Gasteiger partial charge in [0.25, 0.3) is 0 Å².